The van der Waals surface area contributed by atoms with E-state index in [4.69, 9.17) is 4.74 Å². The highest BCUT2D eigenvalue weighted by Crippen LogP contribution is 2.29. The van der Waals surface area contributed by atoms with E-state index < -0.39 is 11.4 Å². The minimum absolute atomic E-state index is 0.213. The number of hydrogen-bond acceptors (Lipinski definition) is 7. The van der Waals surface area contributed by atoms with Gasteiger partial charge in [-0.2, -0.15) is 5.10 Å². The summed E-state index contributed by atoms with van der Waals surface area (Å²) in [6.07, 6.45) is 0.871. The molecule has 2 aliphatic rings. The van der Waals surface area contributed by atoms with Gasteiger partial charge in [-0.05, 0) is 20.8 Å². The second-order valence-corrected chi connectivity index (χ2v) is 8.32. The molecule has 0 atom stereocenters. The van der Waals surface area contributed by atoms with Crippen LogP contribution in [0.4, 0.5) is 15.1 Å². The maximum atomic E-state index is 14.5. The largest absolute Gasteiger partial charge is 0.444 e. The first-order valence-corrected chi connectivity index (χ1v) is 9.74. The molecule has 9 nitrogen and oxygen atoms in total. The van der Waals surface area contributed by atoms with Crippen LogP contribution in [0.3, 0.4) is 0 Å². The van der Waals surface area contributed by atoms with Crippen molar-refractivity contribution in [3.05, 3.63) is 23.3 Å². The number of fused-ring (bicyclic) bond motifs is 1. The normalized spacial score (nSPS) is 16.9. The van der Waals surface area contributed by atoms with Crippen LogP contribution in [0.5, 0.6) is 0 Å². The fraction of sp³-hybridized carbons (Fsp3) is 0.579. The van der Waals surface area contributed by atoms with Crippen molar-refractivity contribution in [1.29, 1.82) is 0 Å². The van der Waals surface area contributed by atoms with Crippen molar-refractivity contribution in [2.75, 3.05) is 31.1 Å². The number of hydrogen-bond donors (Lipinski definition) is 1. The number of halogens is 1. The van der Waals surface area contributed by atoms with E-state index in [-0.39, 0.29) is 11.8 Å². The number of rotatable bonds is 2. The predicted molar refractivity (Wildman–Crippen MR) is 105 cm³/mol. The van der Waals surface area contributed by atoms with Crippen molar-refractivity contribution in [2.45, 2.75) is 39.5 Å². The summed E-state index contributed by atoms with van der Waals surface area (Å²) in [7, 11) is 1.85. The number of anilines is 1. The van der Waals surface area contributed by atoms with Crippen LogP contribution in [0.15, 0.2) is 6.20 Å². The molecule has 0 aromatic carbocycles. The lowest BCUT2D eigenvalue weighted by atomic mass is 10.1. The number of carbonyl (C=O) groups is 1. The van der Waals surface area contributed by atoms with Crippen LogP contribution < -0.4 is 10.2 Å². The van der Waals surface area contributed by atoms with Crippen LogP contribution in [-0.2, 0) is 24.9 Å². The minimum atomic E-state index is -0.527. The maximum Gasteiger partial charge on any atom is 0.410 e. The Morgan fingerprint density at radius 2 is 1.90 bits per heavy atom. The third-order valence-electron chi connectivity index (χ3n) is 5.04. The molecule has 0 aliphatic carbocycles. The van der Waals surface area contributed by atoms with Gasteiger partial charge >= 0.3 is 6.09 Å². The molecule has 2 aromatic heterocycles. The molecule has 4 heterocycles. The molecule has 1 N–H and O–H groups in total. The van der Waals surface area contributed by atoms with Crippen molar-refractivity contribution in [2.24, 2.45) is 7.05 Å². The molecule has 2 aliphatic heterocycles. The lowest BCUT2D eigenvalue weighted by Crippen LogP contribution is -2.50. The minimum Gasteiger partial charge on any atom is -0.444 e. The number of amides is 1. The first kappa shape index (κ1) is 19.6. The molecule has 0 radical (unpaired) electrons. The summed E-state index contributed by atoms with van der Waals surface area (Å²) in [4.78, 5) is 24.5. The van der Waals surface area contributed by atoms with Gasteiger partial charge < -0.3 is 19.9 Å². The Kier molecular flexibility index (Phi) is 4.89. The van der Waals surface area contributed by atoms with Crippen LogP contribution in [0, 0.1) is 5.82 Å². The number of nitrogens with one attached hydrogen (secondary N) is 1. The Bertz CT molecular complexity index is 929. The van der Waals surface area contributed by atoms with Gasteiger partial charge in [0.2, 0.25) is 5.95 Å². The van der Waals surface area contributed by atoms with E-state index in [1.807, 2.05) is 32.7 Å². The summed E-state index contributed by atoms with van der Waals surface area (Å²) in [5, 5.41) is 7.74. The fourth-order valence-electron chi connectivity index (χ4n) is 3.60. The van der Waals surface area contributed by atoms with Crippen molar-refractivity contribution in [1.82, 2.24) is 30.0 Å². The number of carbonyl (C=O) groups excluding carboxylic acids is 1. The Balaban J connectivity index is 1.51. The Morgan fingerprint density at radius 1 is 1.17 bits per heavy atom. The van der Waals surface area contributed by atoms with Gasteiger partial charge in [0, 0.05) is 51.9 Å². The average Bonchev–Trinajstić information content (AvgIpc) is 3.25. The SMILES string of the molecule is Cn1nc(-c2nc(N3CCN(C(=O)OC(C)(C)C)CC3)ncc2F)c2c1CNC2. The van der Waals surface area contributed by atoms with E-state index in [1.165, 1.54) is 6.20 Å². The Hall–Kier alpha value is -2.75. The molecule has 2 aromatic rings. The molecule has 0 bridgehead atoms. The molecule has 1 fully saturated rings. The summed E-state index contributed by atoms with van der Waals surface area (Å²) in [6.45, 7) is 8.98. The van der Waals surface area contributed by atoms with E-state index in [9.17, 15) is 9.18 Å². The van der Waals surface area contributed by atoms with Crippen LogP contribution >= 0.6 is 0 Å². The molecular weight excluding hydrogens is 377 g/mol. The maximum absolute atomic E-state index is 14.5. The highest BCUT2D eigenvalue weighted by molar-refractivity contribution is 5.68. The third kappa shape index (κ3) is 3.89. The lowest BCUT2D eigenvalue weighted by Gasteiger charge is -2.35. The molecule has 0 spiro atoms. The quantitative estimate of drug-likeness (QED) is 0.816. The van der Waals surface area contributed by atoms with Gasteiger partial charge in [-0.15, -0.1) is 0 Å². The molecule has 29 heavy (non-hydrogen) atoms. The van der Waals surface area contributed by atoms with E-state index in [1.54, 1.807) is 9.58 Å². The van der Waals surface area contributed by atoms with Gasteiger partial charge in [-0.3, -0.25) is 4.68 Å². The fourth-order valence-corrected chi connectivity index (χ4v) is 3.60. The number of nitrogens with zero attached hydrogens (tertiary/aromatic N) is 6. The zero-order valence-electron chi connectivity index (χ0n) is 17.2. The molecule has 0 saturated carbocycles. The lowest BCUT2D eigenvalue weighted by molar-refractivity contribution is 0.0240. The van der Waals surface area contributed by atoms with Crippen LogP contribution in [-0.4, -0.2) is 62.5 Å². The molecule has 4 rings (SSSR count). The zero-order chi connectivity index (χ0) is 20.8. The Labute approximate surface area is 168 Å². The van der Waals surface area contributed by atoms with Crippen molar-refractivity contribution in [3.63, 3.8) is 0 Å². The summed E-state index contributed by atoms with van der Waals surface area (Å²) in [6, 6.07) is 0. The number of aryl methyl sites for hydroxylation is 1. The van der Waals surface area contributed by atoms with Crippen molar-refractivity contribution >= 4 is 12.0 Å². The highest BCUT2D eigenvalue weighted by Gasteiger charge is 2.29. The van der Waals surface area contributed by atoms with Gasteiger partial charge in [-0.1, -0.05) is 0 Å². The second-order valence-electron chi connectivity index (χ2n) is 8.32. The first-order chi connectivity index (χ1) is 13.7. The van der Waals surface area contributed by atoms with Crippen molar-refractivity contribution < 1.29 is 13.9 Å². The van der Waals surface area contributed by atoms with E-state index in [0.717, 1.165) is 11.3 Å². The van der Waals surface area contributed by atoms with Crippen molar-refractivity contribution in [3.8, 4) is 11.4 Å². The van der Waals surface area contributed by atoms with Gasteiger partial charge in [-0.25, -0.2) is 19.2 Å². The average molecular weight is 403 g/mol. The number of aromatic nitrogens is 4. The third-order valence-corrected chi connectivity index (χ3v) is 5.04. The van der Waals surface area contributed by atoms with E-state index >= 15 is 0 Å². The highest BCUT2D eigenvalue weighted by atomic mass is 19.1. The molecule has 1 amide bonds. The van der Waals surface area contributed by atoms with Gasteiger partial charge in [0.05, 0.1) is 11.9 Å². The van der Waals surface area contributed by atoms with Gasteiger partial charge in [0.15, 0.2) is 5.82 Å². The molecular formula is C19H26FN7O2. The Morgan fingerprint density at radius 3 is 2.59 bits per heavy atom. The number of piperazine rings is 1. The molecule has 10 heteroatoms. The van der Waals surface area contributed by atoms with Crippen LogP contribution in [0.25, 0.3) is 11.4 Å². The predicted octanol–water partition coefficient (Wildman–Crippen LogP) is 1.68. The zero-order valence-corrected chi connectivity index (χ0v) is 17.2. The van der Waals surface area contributed by atoms with E-state index in [2.05, 4.69) is 20.4 Å². The molecule has 0 unspecified atom stereocenters. The standard InChI is InChI=1S/C19H26FN7O2/c1-19(2,3)29-18(28)27-7-5-26(6-8-27)17-22-10-13(20)16(23-17)15-12-9-21-11-14(12)25(4)24-15/h10,21H,5-9,11H2,1-4H3. The monoisotopic (exact) mass is 403 g/mol. The van der Waals surface area contributed by atoms with Crippen LogP contribution in [0.2, 0.25) is 0 Å². The molecule has 156 valence electrons. The van der Waals surface area contributed by atoms with Gasteiger partial charge in [0.1, 0.15) is 17.0 Å². The summed E-state index contributed by atoms with van der Waals surface area (Å²) < 4.78 is 21.7. The van der Waals surface area contributed by atoms with E-state index in [0.29, 0.717) is 50.9 Å². The smallest absolute Gasteiger partial charge is 0.410 e. The second kappa shape index (κ2) is 7.25. The van der Waals surface area contributed by atoms with Crippen LogP contribution in [0.1, 0.15) is 32.0 Å². The molecule has 1 saturated heterocycles. The number of ether oxygens (including phenoxy) is 1. The summed E-state index contributed by atoms with van der Waals surface area (Å²) in [5.41, 5.74) is 2.27. The summed E-state index contributed by atoms with van der Waals surface area (Å²) >= 11 is 0. The summed E-state index contributed by atoms with van der Waals surface area (Å²) in [5.74, 6) is -0.0514. The first-order valence-electron chi connectivity index (χ1n) is 9.74. The topological polar surface area (TPSA) is 88.4 Å². The van der Waals surface area contributed by atoms with Gasteiger partial charge in [0.25, 0.3) is 0 Å².